The van der Waals surface area contributed by atoms with E-state index in [1.54, 1.807) is 37.5 Å². The number of carbonyl (C=O) groups excluding carboxylic acids is 2. The van der Waals surface area contributed by atoms with Crippen molar-refractivity contribution in [2.45, 2.75) is 0 Å². The molecule has 0 aliphatic carbocycles. The number of ether oxygens (including phenoxy) is 2. The van der Waals surface area contributed by atoms with E-state index < -0.39 is 11.7 Å². The van der Waals surface area contributed by atoms with Gasteiger partial charge in [-0.2, -0.15) is 0 Å². The number of carbonyl (C=O) groups is 2. The van der Waals surface area contributed by atoms with Gasteiger partial charge in [0.15, 0.2) is 11.5 Å². The average Bonchev–Trinajstić information content (AvgIpc) is 2.69. The number of methoxy groups -OCH3 is 2. The molecule has 0 aliphatic rings. The third-order valence-electron chi connectivity index (χ3n) is 3.66. The summed E-state index contributed by atoms with van der Waals surface area (Å²) in [7, 11) is 3.08. The van der Waals surface area contributed by atoms with Gasteiger partial charge in [-0.25, -0.2) is 4.39 Å². The number of benzene rings is 2. The Morgan fingerprint density at radius 2 is 1.70 bits per heavy atom. The van der Waals surface area contributed by atoms with Crippen molar-refractivity contribution in [3.8, 4) is 11.5 Å². The van der Waals surface area contributed by atoms with Gasteiger partial charge >= 0.3 is 0 Å². The third-order valence-corrected chi connectivity index (χ3v) is 3.66. The Kier molecular flexibility index (Phi) is 7.37. The Morgan fingerprint density at radius 1 is 1.00 bits per heavy atom. The molecular formula is C20H21FN2O4. The van der Waals surface area contributed by atoms with E-state index in [9.17, 15) is 14.0 Å². The Hall–Kier alpha value is -3.35. The fraction of sp³-hybridized carbons (Fsp3) is 0.200. The molecule has 0 saturated heterocycles. The van der Waals surface area contributed by atoms with Crippen LogP contribution in [0.5, 0.6) is 11.5 Å². The molecule has 7 heteroatoms. The van der Waals surface area contributed by atoms with E-state index in [1.165, 1.54) is 31.4 Å². The number of nitrogens with one attached hydrogen (secondary N) is 2. The lowest BCUT2D eigenvalue weighted by molar-refractivity contribution is -0.116. The summed E-state index contributed by atoms with van der Waals surface area (Å²) in [6.07, 6.45) is 3.01. The van der Waals surface area contributed by atoms with Crippen molar-refractivity contribution < 1.29 is 23.5 Å². The number of halogens is 1. The van der Waals surface area contributed by atoms with Crippen LogP contribution in [-0.4, -0.2) is 39.1 Å². The number of hydrogen-bond donors (Lipinski definition) is 2. The summed E-state index contributed by atoms with van der Waals surface area (Å²) in [4.78, 5) is 23.7. The zero-order chi connectivity index (χ0) is 19.6. The molecule has 2 amide bonds. The van der Waals surface area contributed by atoms with Crippen molar-refractivity contribution in [1.82, 2.24) is 10.6 Å². The van der Waals surface area contributed by atoms with Gasteiger partial charge in [-0.15, -0.1) is 0 Å². The normalized spacial score (nSPS) is 10.5. The Bertz CT molecular complexity index is 836. The van der Waals surface area contributed by atoms with Crippen LogP contribution in [0.4, 0.5) is 4.39 Å². The number of amides is 2. The number of rotatable bonds is 8. The van der Waals surface area contributed by atoms with Crippen LogP contribution >= 0.6 is 0 Å². The summed E-state index contributed by atoms with van der Waals surface area (Å²) in [6, 6.07) is 11.0. The maximum atomic E-state index is 13.5. The summed E-state index contributed by atoms with van der Waals surface area (Å²) >= 11 is 0. The molecule has 27 heavy (non-hydrogen) atoms. The monoisotopic (exact) mass is 372 g/mol. The molecule has 0 saturated carbocycles. The summed E-state index contributed by atoms with van der Waals surface area (Å²) in [5.41, 5.74) is 0.743. The molecule has 0 spiro atoms. The van der Waals surface area contributed by atoms with E-state index in [0.717, 1.165) is 5.56 Å². The van der Waals surface area contributed by atoms with Gasteiger partial charge in [0, 0.05) is 19.2 Å². The average molecular weight is 372 g/mol. The van der Waals surface area contributed by atoms with Gasteiger partial charge in [-0.3, -0.25) is 9.59 Å². The van der Waals surface area contributed by atoms with Gasteiger partial charge in [0.05, 0.1) is 19.8 Å². The summed E-state index contributed by atoms with van der Waals surface area (Å²) < 4.78 is 23.8. The van der Waals surface area contributed by atoms with Gasteiger partial charge in [0.25, 0.3) is 5.91 Å². The molecule has 0 aromatic heterocycles. The van der Waals surface area contributed by atoms with Crippen LogP contribution in [-0.2, 0) is 4.79 Å². The molecule has 2 aromatic carbocycles. The SMILES string of the molecule is COc1ccc(/C=C/C(=O)NCCNC(=O)c2ccccc2F)cc1OC. The summed E-state index contributed by atoms with van der Waals surface area (Å²) in [5, 5.41) is 5.18. The largest absolute Gasteiger partial charge is 0.493 e. The molecule has 142 valence electrons. The smallest absolute Gasteiger partial charge is 0.254 e. The first-order chi connectivity index (χ1) is 13.0. The van der Waals surface area contributed by atoms with Gasteiger partial charge in [-0.1, -0.05) is 18.2 Å². The fourth-order valence-corrected chi connectivity index (χ4v) is 2.29. The second-order valence-corrected chi connectivity index (χ2v) is 5.47. The van der Waals surface area contributed by atoms with Crippen molar-refractivity contribution in [3.63, 3.8) is 0 Å². The highest BCUT2D eigenvalue weighted by atomic mass is 19.1. The van der Waals surface area contributed by atoms with Gasteiger partial charge < -0.3 is 20.1 Å². The van der Waals surface area contributed by atoms with E-state index in [2.05, 4.69) is 10.6 Å². The Morgan fingerprint density at radius 3 is 2.41 bits per heavy atom. The van der Waals surface area contributed by atoms with Gasteiger partial charge in [-0.05, 0) is 35.9 Å². The van der Waals surface area contributed by atoms with Crippen LogP contribution in [0, 0.1) is 5.82 Å². The van der Waals surface area contributed by atoms with Crippen LogP contribution in [0.15, 0.2) is 48.5 Å². The van der Waals surface area contributed by atoms with Crippen molar-refractivity contribution >= 4 is 17.9 Å². The highest BCUT2D eigenvalue weighted by Gasteiger charge is 2.09. The third kappa shape index (κ3) is 5.85. The Balaban J connectivity index is 1.78. The topological polar surface area (TPSA) is 76.7 Å². The molecule has 0 atom stereocenters. The molecule has 6 nitrogen and oxygen atoms in total. The molecule has 0 bridgehead atoms. The highest BCUT2D eigenvalue weighted by Crippen LogP contribution is 2.27. The zero-order valence-corrected chi connectivity index (χ0v) is 15.1. The molecule has 0 unspecified atom stereocenters. The van der Waals surface area contributed by atoms with E-state index in [4.69, 9.17) is 9.47 Å². The minimum atomic E-state index is -0.586. The number of hydrogen-bond acceptors (Lipinski definition) is 4. The molecule has 2 aromatic rings. The van der Waals surface area contributed by atoms with Crippen molar-refractivity contribution in [2.24, 2.45) is 0 Å². The molecule has 0 fully saturated rings. The fourth-order valence-electron chi connectivity index (χ4n) is 2.29. The van der Waals surface area contributed by atoms with Crippen LogP contribution in [0.1, 0.15) is 15.9 Å². The van der Waals surface area contributed by atoms with E-state index in [0.29, 0.717) is 11.5 Å². The molecule has 2 N–H and O–H groups in total. The lowest BCUT2D eigenvalue weighted by Gasteiger charge is -2.08. The zero-order valence-electron chi connectivity index (χ0n) is 15.1. The second kappa shape index (κ2) is 9.96. The molecule has 0 radical (unpaired) electrons. The molecule has 0 heterocycles. The quantitative estimate of drug-likeness (QED) is 0.551. The predicted molar refractivity (Wildman–Crippen MR) is 100 cm³/mol. The summed E-state index contributed by atoms with van der Waals surface area (Å²) in [5.74, 6) is -0.259. The van der Waals surface area contributed by atoms with Crippen LogP contribution in [0.2, 0.25) is 0 Å². The summed E-state index contributed by atoms with van der Waals surface area (Å²) in [6.45, 7) is 0.401. The van der Waals surface area contributed by atoms with Crippen molar-refractivity contribution in [1.29, 1.82) is 0 Å². The van der Waals surface area contributed by atoms with Gasteiger partial charge in [0.2, 0.25) is 5.91 Å². The first-order valence-corrected chi connectivity index (χ1v) is 8.26. The minimum Gasteiger partial charge on any atom is -0.493 e. The minimum absolute atomic E-state index is 0.0304. The van der Waals surface area contributed by atoms with Gasteiger partial charge in [0.1, 0.15) is 5.82 Å². The predicted octanol–water partition coefficient (Wildman–Crippen LogP) is 2.40. The highest BCUT2D eigenvalue weighted by molar-refractivity contribution is 5.94. The van der Waals surface area contributed by atoms with Crippen molar-refractivity contribution in [3.05, 3.63) is 65.5 Å². The van der Waals surface area contributed by atoms with Crippen molar-refractivity contribution in [2.75, 3.05) is 27.3 Å². The Labute approximate surface area is 157 Å². The lowest BCUT2D eigenvalue weighted by Crippen LogP contribution is -2.34. The maximum Gasteiger partial charge on any atom is 0.254 e. The lowest BCUT2D eigenvalue weighted by atomic mass is 10.2. The van der Waals surface area contributed by atoms with Crippen LogP contribution in [0.3, 0.4) is 0 Å². The molecular weight excluding hydrogens is 351 g/mol. The van der Waals surface area contributed by atoms with E-state index in [1.807, 2.05) is 0 Å². The van der Waals surface area contributed by atoms with Crippen LogP contribution < -0.4 is 20.1 Å². The first kappa shape index (κ1) is 20.0. The van der Waals surface area contributed by atoms with E-state index in [-0.39, 0.29) is 24.6 Å². The first-order valence-electron chi connectivity index (χ1n) is 8.26. The maximum absolute atomic E-state index is 13.5. The van der Waals surface area contributed by atoms with E-state index >= 15 is 0 Å². The van der Waals surface area contributed by atoms with Crippen LogP contribution in [0.25, 0.3) is 6.08 Å². The second-order valence-electron chi connectivity index (χ2n) is 5.47. The molecule has 2 rings (SSSR count). The standard InChI is InChI=1S/C20H21FN2O4/c1-26-17-9-7-14(13-18(17)27-2)8-10-19(24)22-11-12-23-20(25)15-5-3-4-6-16(15)21/h3-10,13H,11-12H2,1-2H3,(H,22,24)(H,23,25)/b10-8+. The molecule has 0 aliphatic heterocycles.